The Balaban J connectivity index is 2.03. The molecular formula is C10H13BrN2OS. The van der Waals surface area contributed by atoms with Crippen molar-refractivity contribution in [2.24, 2.45) is 5.92 Å². The van der Waals surface area contributed by atoms with E-state index >= 15 is 0 Å². The second-order valence-corrected chi connectivity index (χ2v) is 5.83. The lowest BCUT2D eigenvalue weighted by Crippen LogP contribution is -2.16. The highest BCUT2D eigenvalue weighted by Crippen LogP contribution is 2.25. The fraction of sp³-hybridized carbons (Fsp3) is 0.600. The number of halogens is 1. The van der Waals surface area contributed by atoms with Crippen molar-refractivity contribution >= 4 is 27.7 Å². The summed E-state index contributed by atoms with van der Waals surface area (Å²) in [7, 11) is 0. The van der Waals surface area contributed by atoms with Crippen LogP contribution in [0, 0.1) is 5.92 Å². The fourth-order valence-electron chi connectivity index (χ4n) is 1.79. The summed E-state index contributed by atoms with van der Waals surface area (Å²) in [5.74, 6) is 3.23. The van der Waals surface area contributed by atoms with Gasteiger partial charge in [0, 0.05) is 0 Å². The summed E-state index contributed by atoms with van der Waals surface area (Å²) < 4.78 is 0.580. The fourth-order valence-corrected chi connectivity index (χ4v) is 3.30. The minimum atomic E-state index is -0.156. The zero-order chi connectivity index (χ0) is 10.7. The molecule has 1 aromatic rings. The molecule has 0 amide bonds. The first-order chi connectivity index (χ1) is 7.25. The lowest BCUT2D eigenvalue weighted by molar-refractivity contribution is 0.512. The molecule has 1 atom stereocenters. The molecule has 1 unspecified atom stereocenters. The monoisotopic (exact) mass is 288 g/mol. The maximum absolute atomic E-state index is 11.1. The lowest BCUT2D eigenvalue weighted by Gasteiger charge is -2.20. The predicted molar refractivity (Wildman–Crippen MR) is 66.3 cm³/mol. The molecule has 1 N–H and O–H groups in total. The van der Waals surface area contributed by atoms with E-state index in [1.807, 2.05) is 17.8 Å². The van der Waals surface area contributed by atoms with E-state index in [0.717, 1.165) is 12.1 Å². The van der Waals surface area contributed by atoms with Gasteiger partial charge in [-0.05, 0) is 58.7 Å². The van der Waals surface area contributed by atoms with Crippen LogP contribution in [-0.4, -0.2) is 21.7 Å². The molecule has 0 spiro atoms. The molecule has 82 valence electrons. The molecule has 2 rings (SSSR count). The van der Waals surface area contributed by atoms with Crippen LogP contribution in [0.25, 0.3) is 0 Å². The summed E-state index contributed by atoms with van der Waals surface area (Å²) >= 11 is 5.24. The highest BCUT2D eigenvalue weighted by molar-refractivity contribution is 9.10. The first kappa shape index (κ1) is 11.2. The Hall–Kier alpha value is -0.290. The van der Waals surface area contributed by atoms with E-state index in [9.17, 15) is 4.79 Å². The molecule has 5 heteroatoms. The van der Waals surface area contributed by atoms with Crippen LogP contribution >= 0.6 is 27.7 Å². The first-order valence-electron chi connectivity index (χ1n) is 5.07. The van der Waals surface area contributed by atoms with E-state index < -0.39 is 0 Å². The Bertz CT molecular complexity index is 387. The average Bonchev–Trinajstić information content (AvgIpc) is 2.25. The van der Waals surface area contributed by atoms with Gasteiger partial charge in [0.25, 0.3) is 5.56 Å². The molecule has 0 saturated carbocycles. The Morgan fingerprint density at radius 3 is 3.20 bits per heavy atom. The topological polar surface area (TPSA) is 45.8 Å². The highest BCUT2D eigenvalue weighted by Gasteiger charge is 2.15. The SMILES string of the molecule is O=c1[nH]nc(CC2CCCSC2)cc1Br. The smallest absolute Gasteiger partial charge is 0.267 e. The molecule has 0 aromatic carbocycles. The molecular weight excluding hydrogens is 276 g/mol. The van der Waals surface area contributed by atoms with Crippen LogP contribution in [0.1, 0.15) is 18.5 Å². The van der Waals surface area contributed by atoms with Crippen molar-refractivity contribution in [3.05, 3.63) is 26.6 Å². The quantitative estimate of drug-likeness (QED) is 0.908. The van der Waals surface area contributed by atoms with E-state index in [2.05, 4.69) is 26.1 Å². The molecule has 1 aromatic heterocycles. The highest BCUT2D eigenvalue weighted by atomic mass is 79.9. The molecule has 0 aliphatic carbocycles. The van der Waals surface area contributed by atoms with Crippen LogP contribution in [0.15, 0.2) is 15.3 Å². The van der Waals surface area contributed by atoms with Crippen LogP contribution in [0.4, 0.5) is 0 Å². The number of H-pyrrole nitrogens is 1. The second kappa shape index (κ2) is 5.16. The number of hydrogen-bond donors (Lipinski definition) is 1. The number of aromatic nitrogens is 2. The van der Waals surface area contributed by atoms with Gasteiger partial charge in [-0.1, -0.05) is 0 Å². The van der Waals surface area contributed by atoms with Crippen molar-refractivity contribution in [3.63, 3.8) is 0 Å². The Kier molecular flexibility index (Phi) is 3.86. The van der Waals surface area contributed by atoms with Gasteiger partial charge < -0.3 is 0 Å². The predicted octanol–water partition coefficient (Wildman–Crippen LogP) is 2.22. The van der Waals surface area contributed by atoms with Crippen LogP contribution in [-0.2, 0) is 6.42 Å². The van der Waals surface area contributed by atoms with Crippen LogP contribution in [0.2, 0.25) is 0 Å². The molecule has 15 heavy (non-hydrogen) atoms. The summed E-state index contributed by atoms with van der Waals surface area (Å²) in [6.07, 6.45) is 3.56. The van der Waals surface area contributed by atoms with Gasteiger partial charge in [0.2, 0.25) is 0 Å². The van der Waals surface area contributed by atoms with Gasteiger partial charge in [0.15, 0.2) is 0 Å². The number of rotatable bonds is 2. The molecule has 1 fully saturated rings. The van der Waals surface area contributed by atoms with Gasteiger partial charge in [-0.3, -0.25) is 4.79 Å². The van der Waals surface area contributed by atoms with Crippen molar-refractivity contribution in [3.8, 4) is 0 Å². The van der Waals surface area contributed by atoms with Gasteiger partial charge in [-0.15, -0.1) is 0 Å². The standard InChI is InChI=1S/C10H13BrN2OS/c11-9-5-8(12-13-10(9)14)4-7-2-1-3-15-6-7/h5,7H,1-4,6H2,(H,13,14). The first-order valence-corrected chi connectivity index (χ1v) is 7.02. The molecule has 0 radical (unpaired) electrons. The van der Waals surface area contributed by atoms with Crippen molar-refractivity contribution in [2.75, 3.05) is 11.5 Å². The average molecular weight is 289 g/mol. The lowest BCUT2D eigenvalue weighted by atomic mass is 9.99. The summed E-state index contributed by atoms with van der Waals surface area (Å²) in [4.78, 5) is 11.1. The van der Waals surface area contributed by atoms with E-state index in [1.165, 1.54) is 24.3 Å². The van der Waals surface area contributed by atoms with Gasteiger partial charge in [-0.25, -0.2) is 5.10 Å². The second-order valence-electron chi connectivity index (χ2n) is 3.82. The summed E-state index contributed by atoms with van der Waals surface area (Å²) in [6.45, 7) is 0. The van der Waals surface area contributed by atoms with E-state index in [1.54, 1.807) is 0 Å². The van der Waals surface area contributed by atoms with Crippen LogP contribution < -0.4 is 5.56 Å². The summed E-state index contributed by atoms with van der Waals surface area (Å²) in [6, 6.07) is 1.83. The zero-order valence-corrected chi connectivity index (χ0v) is 10.7. The van der Waals surface area contributed by atoms with Crippen molar-refractivity contribution < 1.29 is 0 Å². The number of nitrogens with zero attached hydrogens (tertiary/aromatic N) is 1. The molecule has 2 heterocycles. The van der Waals surface area contributed by atoms with Gasteiger partial charge in [-0.2, -0.15) is 16.9 Å². The van der Waals surface area contributed by atoms with Crippen LogP contribution in [0.5, 0.6) is 0 Å². The Morgan fingerprint density at radius 2 is 2.53 bits per heavy atom. The number of thioether (sulfide) groups is 1. The summed E-state index contributed by atoms with van der Waals surface area (Å²) in [5, 5.41) is 6.55. The number of nitrogens with one attached hydrogen (secondary N) is 1. The normalized spacial score (nSPS) is 21.5. The third-order valence-electron chi connectivity index (χ3n) is 2.56. The largest absolute Gasteiger partial charge is 0.278 e. The molecule has 0 bridgehead atoms. The van der Waals surface area contributed by atoms with Crippen molar-refractivity contribution in [2.45, 2.75) is 19.3 Å². The summed E-state index contributed by atoms with van der Waals surface area (Å²) in [5.41, 5.74) is 0.825. The maximum Gasteiger partial charge on any atom is 0.278 e. The van der Waals surface area contributed by atoms with Crippen molar-refractivity contribution in [1.82, 2.24) is 10.2 Å². The Labute approximate surface area is 101 Å². The van der Waals surface area contributed by atoms with Gasteiger partial charge in [0.05, 0.1) is 10.2 Å². The maximum atomic E-state index is 11.1. The molecule has 1 aliphatic heterocycles. The van der Waals surface area contributed by atoms with E-state index in [0.29, 0.717) is 10.4 Å². The van der Waals surface area contributed by atoms with E-state index in [4.69, 9.17) is 0 Å². The van der Waals surface area contributed by atoms with Gasteiger partial charge in [0.1, 0.15) is 0 Å². The zero-order valence-electron chi connectivity index (χ0n) is 8.33. The minimum absolute atomic E-state index is 0.156. The molecule has 1 aliphatic rings. The third kappa shape index (κ3) is 3.08. The third-order valence-corrected chi connectivity index (χ3v) is 4.44. The number of aromatic amines is 1. The van der Waals surface area contributed by atoms with Crippen molar-refractivity contribution in [1.29, 1.82) is 0 Å². The van der Waals surface area contributed by atoms with Crippen LogP contribution in [0.3, 0.4) is 0 Å². The minimum Gasteiger partial charge on any atom is -0.267 e. The Morgan fingerprint density at radius 1 is 1.67 bits per heavy atom. The van der Waals surface area contributed by atoms with Gasteiger partial charge >= 0.3 is 0 Å². The molecule has 1 saturated heterocycles. The van der Waals surface area contributed by atoms with E-state index in [-0.39, 0.29) is 5.56 Å². The number of hydrogen-bond acceptors (Lipinski definition) is 3. The molecule has 3 nitrogen and oxygen atoms in total.